The van der Waals surface area contributed by atoms with Gasteiger partial charge in [0.15, 0.2) is 0 Å². The molecule has 1 aliphatic heterocycles. The Morgan fingerprint density at radius 1 is 1.47 bits per heavy atom. The molecule has 1 atom stereocenters. The number of hydrogen-bond acceptors (Lipinski definition) is 4. The van der Waals surface area contributed by atoms with E-state index < -0.39 is 12.0 Å². The summed E-state index contributed by atoms with van der Waals surface area (Å²) in [5.74, 6) is -0.460. The lowest BCUT2D eigenvalue weighted by Gasteiger charge is -2.34. The fraction of sp³-hybridized carbons (Fsp3) is 0.429. The van der Waals surface area contributed by atoms with Gasteiger partial charge in [-0.2, -0.15) is 0 Å². The van der Waals surface area contributed by atoms with Crippen LogP contribution in [0.1, 0.15) is 28.8 Å². The summed E-state index contributed by atoms with van der Waals surface area (Å²) < 4.78 is 0. The Morgan fingerprint density at radius 2 is 2.21 bits per heavy atom. The fourth-order valence-corrected chi connectivity index (χ4v) is 2.27. The second-order valence-electron chi connectivity index (χ2n) is 4.76. The average molecular weight is 262 g/mol. The topological polar surface area (TPSA) is 83.6 Å². The molecule has 0 bridgehead atoms. The van der Waals surface area contributed by atoms with Crippen molar-refractivity contribution in [2.75, 3.05) is 18.0 Å². The maximum absolute atomic E-state index is 11.7. The molecular formula is C14H18N2O3. The highest BCUT2D eigenvalue weighted by molar-refractivity contribution is 6.00. The van der Waals surface area contributed by atoms with Crippen molar-refractivity contribution in [2.24, 2.45) is 5.73 Å². The van der Waals surface area contributed by atoms with E-state index in [0.29, 0.717) is 24.7 Å². The first-order valence-corrected chi connectivity index (χ1v) is 6.43. The Hall–Kier alpha value is -1.88. The highest BCUT2D eigenvalue weighted by Crippen LogP contribution is 2.28. The van der Waals surface area contributed by atoms with Gasteiger partial charge in [0.25, 0.3) is 5.91 Å². The van der Waals surface area contributed by atoms with E-state index in [1.807, 2.05) is 18.2 Å². The summed E-state index contributed by atoms with van der Waals surface area (Å²) in [7, 11) is 0. The van der Waals surface area contributed by atoms with E-state index in [1.165, 1.54) is 0 Å². The molecule has 1 aliphatic rings. The minimum atomic E-state index is -0.992. The Kier molecular flexibility index (Phi) is 4.16. The number of primary amides is 1. The first kappa shape index (κ1) is 13.5. The van der Waals surface area contributed by atoms with E-state index >= 15 is 0 Å². The van der Waals surface area contributed by atoms with Crippen LogP contribution in [0.25, 0.3) is 0 Å². The number of benzene rings is 1. The molecule has 3 N–H and O–H groups in total. The number of carbonyl (C=O) groups is 2. The van der Waals surface area contributed by atoms with Crippen LogP contribution in [0.2, 0.25) is 0 Å². The van der Waals surface area contributed by atoms with Gasteiger partial charge in [-0.05, 0) is 30.9 Å². The Morgan fingerprint density at radius 3 is 2.74 bits per heavy atom. The van der Waals surface area contributed by atoms with Gasteiger partial charge in [-0.25, -0.2) is 0 Å². The average Bonchev–Trinajstić information content (AvgIpc) is 2.33. The monoisotopic (exact) mass is 262 g/mol. The van der Waals surface area contributed by atoms with Crippen LogP contribution in [-0.4, -0.2) is 36.5 Å². The smallest absolute Gasteiger partial charge is 0.251 e. The van der Waals surface area contributed by atoms with Gasteiger partial charge in [0.2, 0.25) is 0 Å². The zero-order valence-electron chi connectivity index (χ0n) is 10.7. The van der Waals surface area contributed by atoms with Gasteiger partial charge >= 0.3 is 0 Å². The predicted molar refractivity (Wildman–Crippen MR) is 72.2 cm³/mol. The third kappa shape index (κ3) is 2.93. The quantitative estimate of drug-likeness (QED) is 0.731. The molecule has 0 aliphatic carbocycles. The molecule has 1 saturated heterocycles. The number of rotatable bonds is 6. The van der Waals surface area contributed by atoms with E-state index in [0.717, 1.165) is 30.8 Å². The molecule has 0 radical (unpaired) electrons. The van der Waals surface area contributed by atoms with Crippen LogP contribution in [-0.2, 0) is 11.2 Å². The lowest BCUT2D eigenvalue weighted by Crippen LogP contribution is -2.38. The third-order valence-electron chi connectivity index (χ3n) is 3.44. The van der Waals surface area contributed by atoms with Crippen molar-refractivity contribution < 1.29 is 14.7 Å². The summed E-state index contributed by atoms with van der Waals surface area (Å²) in [6.45, 7) is 1.86. The summed E-state index contributed by atoms with van der Waals surface area (Å²) in [5.41, 5.74) is 7.64. The van der Waals surface area contributed by atoms with Crippen LogP contribution >= 0.6 is 0 Å². The standard InChI is InChI=1S/C14H18N2O3/c15-14(19)13-10(5-6-11(18)9-17)3-1-4-12(13)16-7-2-8-16/h1,3-4,9,11,18H,2,5-8H2,(H2,15,19)/t11-/m1/s1. The van der Waals surface area contributed by atoms with Crippen molar-refractivity contribution in [3.05, 3.63) is 29.3 Å². The molecule has 5 nitrogen and oxygen atoms in total. The lowest BCUT2D eigenvalue weighted by molar-refractivity contribution is -0.115. The molecule has 19 heavy (non-hydrogen) atoms. The predicted octanol–water partition coefficient (Wildman–Crippen LogP) is 0.488. The van der Waals surface area contributed by atoms with E-state index in [1.54, 1.807) is 0 Å². The Bertz CT molecular complexity index is 484. The molecule has 1 amide bonds. The van der Waals surface area contributed by atoms with Crippen molar-refractivity contribution in [2.45, 2.75) is 25.4 Å². The molecule has 2 rings (SSSR count). The Balaban J connectivity index is 2.26. The van der Waals surface area contributed by atoms with Gasteiger partial charge in [-0.15, -0.1) is 0 Å². The zero-order chi connectivity index (χ0) is 13.8. The highest BCUT2D eigenvalue weighted by Gasteiger charge is 2.22. The van der Waals surface area contributed by atoms with Crippen LogP contribution in [0.5, 0.6) is 0 Å². The minimum Gasteiger partial charge on any atom is -0.386 e. The van der Waals surface area contributed by atoms with Crippen molar-refractivity contribution in [3.8, 4) is 0 Å². The second-order valence-corrected chi connectivity index (χ2v) is 4.76. The molecule has 1 fully saturated rings. The van der Waals surface area contributed by atoms with Crippen LogP contribution in [0.15, 0.2) is 18.2 Å². The van der Waals surface area contributed by atoms with E-state index in [2.05, 4.69) is 4.90 Å². The molecule has 0 spiro atoms. The molecule has 1 aromatic rings. The zero-order valence-corrected chi connectivity index (χ0v) is 10.7. The normalized spacial score (nSPS) is 15.7. The van der Waals surface area contributed by atoms with Crippen molar-refractivity contribution in [1.82, 2.24) is 0 Å². The van der Waals surface area contributed by atoms with Crippen LogP contribution in [0.4, 0.5) is 5.69 Å². The number of amides is 1. The first-order valence-electron chi connectivity index (χ1n) is 6.43. The minimum absolute atomic E-state index is 0.299. The summed E-state index contributed by atoms with van der Waals surface area (Å²) in [6, 6.07) is 5.59. The van der Waals surface area contributed by atoms with Gasteiger partial charge in [0.05, 0.1) is 5.56 Å². The van der Waals surface area contributed by atoms with Crippen LogP contribution in [0, 0.1) is 0 Å². The van der Waals surface area contributed by atoms with Gasteiger partial charge in [0, 0.05) is 18.8 Å². The summed E-state index contributed by atoms with van der Waals surface area (Å²) in [5, 5.41) is 9.29. The third-order valence-corrected chi connectivity index (χ3v) is 3.44. The highest BCUT2D eigenvalue weighted by atomic mass is 16.3. The number of aldehydes is 1. The molecular weight excluding hydrogens is 244 g/mol. The van der Waals surface area contributed by atoms with Crippen LogP contribution < -0.4 is 10.6 Å². The molecule has 1 heterocycles. The molecule has 1 aromatic carbocycles. The summed E-state index contributed by atoms with van der Waals surface area (Å²) in [6.07, 6.45) is 1.39. The maximum atomic E-state index is 11.7. The van der Waals surface area contributed by atoms with Gasteiger partial charge in [-0.3, -0.25) is 4.79 Å². The number of carbonyl (C=O) groups excluding carboxylic acids is 2. The second kappa shape index (κ2) is 5.84. The van der Waals surface area contributed by atoms with Crippen LogP contribution in [0.3, 0.4) is 0 Å². The first-order chi connectivity index (χ1) is 9.13. The molecule has 102 valence electrons. The van der Waals surface area contributed by atoms with Gasteiger partial charge in [-0.1, -0.05) is 12.1 Å². The summed E-state index contributed by atoms with van der Waals surface area (Å²) >= 11 is 0. The van der Waals surface area contributed by atoms with E-state index in [9.17, 15) is 14.7 Å². The number of aryl methyl sites for hydroxylation is 1. The van der Waals surface area contributed by atoms with Crippen molar-refractivity contribution >= 4 is 17.9 Å². The lowest BCUT2D eigenvalue weighted by atomic mass is 9.97. The number of aliphatic hydroxyl groups is 1. The fourth-order valence-electron chi connectivity index (χ4n) is 2.27. The number of anilines is 1. The van der Waals surface area contributed by atoms with E-state index in [4.69, 9.17) is 5.73 Å². The van der Waals surface area contributed by atoms with Gasteiger partial charge < -0.3 is 20.5 Å². The summed E-state index contributed by atoms with van der Waals surface area (Å²) in [4.78, 5) is 24.2. The molecule has 0 aromatic heterocycles. The Labute approximate surface area is 112 Å². The number of aliphatic hydroxyl groups excluding tert-OH is 1. The number of nitrogens with two attached hydrogens (primary N) is 1. The number of nitrogens with zero attached hydrogens (tertiary/aromatic N) is 1. The number of hydrogen-bond donors (Lipinski definition) is 2. The molecule has 0 saturated carbocycles. The molecule has 5 heteroatoms. The maximum Gasteiger partial charge on any atom is 0.251 e. The SMILES string of the molecule is NC(=O)c1c(CC[C@@H](O)C=O)cccc1N1CCC1. The van der Waals surface area contributed by atoms with Crippen molar-refractivity contribution in [1.29, 1.82) is 0 Å². The molecule has 0 unspecified atom stereocenters. The van der Waals surface area contributed by atoms with Gasteiger partial charge in [0.1, 0.15) is 12.4 Å². The largest absolute Gasteiger partial charge is 0.386 e. The van der Waals surface area contributed by atoms with E-state index in [-0.39, 0.29) is 0 Å². The van der Waals surface area contributed by atoms with Crippen molar-refractivity contribution in [3.63, 3.8) is 0 Å².